The fourth-order valence-corrected chi connectivity index (χ4v) is 0.381. The number of nitrogens with one attached hydrogen (secondary N) is 1. The molecule has 2 heteroatoms. The highest BCUT2D eigenvalue weighted by Gasteiger charge is 2.06. The van der Waals surface area contributed by atoms with Gasteiger partial charge in [0, 0.05) is 12.0 Å². The Kier molecular flexibility index (Phi) is 3.44. The van der Waals surface area contributed by atoms with E-state index in [1.165, 1.54) is 0 Å². The monoisotopic (exact) mass is 115 g/mol. The van der Waals surface area contributed by atoms with Gasteiger partial charge in [-0.05, 0) is 14.0 Å². The van der Waals surface area contributed by atoms with Crippen LogP contribution in [0.2, 0.25) is 0 Å². The first-order valence-electron chi connectivity index (χ1n) is 2.85. The predicted octanol–water partition coefficient (Wildman–Crippen LogP) is 0.429. The molecular formula is C6H13NO. The minimum absolute atomic E-state index is 0.125. The maximum absolute atomic E-state index is 10.1. The lowest BCUT2D eigenvalue weighted by Crippen LogP contribution is -2.29. The highest BCUT2D eigenvalue weighted by molar-refractivity contribution is 5.53. The Hall–Kier alpha value is -0.370. The van der Waals surface area contributed by atoms with E-state index in [-0.39, 0.29) is 5.92 Å². The first kappa shape index (κ1) is 7.63. The summed E-state index contributed by atoms with van der Waals surface area (Å²) in [6.45, 7) is 3.88. The molecule has 0 radical (unpaired) electrons. The first-order chi connectivity index (χ1) is 3.72. The lowest BCUT2D eigenvalue weighted by atomic mass is 10.1. The van der Waals surface area contributed by atoms with E-state index in [0.29, 0.717) is 6.04 Å². The number of rotatable bonds is 3. The molecule has 0 aromatic heterocycles. The van der Waals surface area contributed by atoms with E-state index in [0.717, 1.165) is 6.29 Å². The van der Waals surface area contributed by atoms with Crippen molar-refractivity contribution in [3.05, 3.63) is 0 Å². The van der Waals surface area contributed by atoms with Gasteiger partial charge in [0.05, 0.1) is 0 Å². The van der Waals surface area contributed by atoms with Crippen LogP contribution >= 0.6 is 0 Å². The Labute approximate surface area is 50.3 Å². The minimum atomic E-state index is 0.125. The SMILES string of the molecule is CNC(C)C(C)C=O. The maximum Gasteiger partial charge on any atom is 0.124 e. The molecule has 1 N–H and O–H groups in total. The summed E-state index contributed by atoms with van der Waals surface area (Å²) >= 11 is 0. The second-order valence-corrected chi connectivity index (χ2v) is 2.07. The van der Waals surface area contributed by atoms with E-state index in [4.69, 9.17) is 0 Å². The Balaban J connectivity index is 3.44. The van der Waals surface area contributed by atoms with Gasteiger partial charge < -0.3 is 10.1 Å². The van der Waals surface area contributed by atoms with E-state index in [1.54, 1.807) is 0 Å². The molecule has 0 spiro atoms. The van der Waals surface area contributed by atoms with Crippen molar-refractivity contribution in [2.24, 2.45) is 5.92 Å². The van der Waals surface area contributed by atoms with Gasteiger partial charge in [-0.3, -0.25) is 0 Å². The van der Waals surface area contributed by atoms with Crippen molar-refractivity contribution in [2.45, 2.75) is 19.9 Å². The van der Waals surface area contributed by atoms with Crippen molar-refractivity contribution in [3.8, 4) is 0 Å². The molecule has 0 rings (SSSR count). The third-order valence-electron chi connectivity index (χ3n) is 1.46. The van der Waals surface area contributed by atoms with Gasteiger partial charge in [-0.25, -0.2) is 0 Å². The quantitative estimate of drug-likeness (QED) is 0.540. The van der Waals surface area contributed by atoms with Gasteiger partial charge in [-0.15, -0.1) is 0 Å². The third-order valence-corrected chi connectivity index (χ3v) is 1.46. The molecule has 0 saturated carbocycles. The van der Waals surface area contributed by atoms with Crippen LogP contribution in [0.25, 0.3) is 0 Å². The smallest absolute Gasteiger partial charge is 0.124 e. The normalized spacial score (nSPS) is 17.4. The summed E-state index contributed by atoms with van der Waals surface area (Å²) < 4.78 is 0. The van der Waals surface area contributed by atoms with Crippen LogP contribution in [0, 0.1) is 5.92 Å². The van der Waals surface area contributed by atoms with Gasteiger partial charge in [0.2, 0.25) is 0 Å². The Bertz CT molecular complexity index is 72.9. The van der Waals surface area contributed by atoms with E-state index < -0.39 is 0 Å². The van der Waals surface area contributed by atoms with Gasteiger partial charge in [0.25, 0.3) is 0 Å². The molecule has 2 unspecified atom stereocenters. The van der Waals surface area contributed by atoms with E-state index in [2.05, 4.69) is 5.32 Å². The molecule has 2 nitrogen and oxygen atoms in total. The van der Waals surface area contributed by atoms with Gasteiger partial charge in [0.15, 0.2) is 0 Å². The molecule has 0 aromatic rings. The average molecular weight is 115 g/mol. The summed E-state index contributed by atoms with van der Waals surface area (Å²) in [5, 5.41) is 2.98. The molecule has 0 bridgehead atoms. The van der Waals surface area contributed by atoms with Crippen LogP contribution in [-0.2, 0) is 4.79 Å². The van der Waals surface area contributed by atoms with Crippen LogP contribution in [-0.4, -0.2) is 19.4 Å². The Morgan fingerprint density at radius 2 is 2.00 bits per heavy atom. The van der Waals surface area contributed by atoms with Gasteiger partial charge in [-0.2, -0.15) is 0 Å². The van der Waals surface area contributed by atoms with Gasteiger partial charge in [-0.1, -0.05) is 6.92 Å². The summed E-state index contributed by atoms with van der Waals surface area (Å²) in [6.07, 6.45) is 0.959. The van der Waals surface area contributed by atoms with Crippen LogP contribution in [0.5, 0.6) is 0 Å². The number of aldehydes is 1. The zero-order valence-electron chi connectivity index (χ0n) is 5.64. The van der Waals surface area contributed by atoms with Crippen LogP contribution in [0.1, 0.15) is 13.8 Å². The molecule has 0 aliphatic rings. The van der Waals surface area contributed by atoms with Crippen molar-refractivity contribution < 1.29 is 4.79 Å². The average Bonchev–Trinajstić information content (AvgIpc) is 1.84. The second kappa shape index (κ2) is 3.61. The van der Waals surface area contributed by atoms with E-state index in [9.17, 15) is 4.79 Å². The Morgan fingerprint density at radius 3 is 2.12 bits per heavy atom. The zero-order chi connectivity index (χ0) is 6.57. The lowest BCUT2D eigenvalue weighted by molar-refractivity contribution is -0.111. The van der Waals surface area contributed by atoms with Crippen molar-refractivity contribution >= 4 is 6.29 Å². The molecule has 48 valence electrons. The summed E-state index contributed by atoms with van der Waals surface area (Å²) in [5.74, 6) is 0.125. The molecule has 0 aromatic carbocycles. The van der Waals surface area contributed by atoms with Crippen LogP contribution in [0.3, 0.4) is 0 Å². The molecule has 2 atom stereocenters. The highest BCUT2D eigenvalue weighted by Crippen LogP contribution is 1.95. The largest absolute Gasteiger partial charge is 0.317 e. The molecule has 0 heterocycles. The van der Waals surface area contributed by atoms with Crippen LogP contribution < -0.4 is 5.32 Å². The number of carbonyl (C=O) groups excluding carboxylic acids is 1. The van der Waals surface area contributed by atoms with Crippen molar-refractivity contribution in [3.63, 3.8) is 0 Å². The molecular weight excluding hydrogens is 102 g/mol. The number of hydrogen-bond acceptors (Lipinski definition) is 2. The lowest BCUT2D eigenvalue weighted by Gasteiger charge is -2.11. The predicted molar refractivity (Wildman–Crippen MR) is 33.7 cm³/mol. The van der Waals surface area contributed by atoms with Crippen molar-refractivity contribution in [2.75, 3.05) is 7.05 Å². The fourth-order valence-electron chi connectivity index (χ4n) is 0.381. The van der Waals surface area contributed by atoms with E-state index in [1.807, 2.05) is 20.9 Å². The number of hydrogen-bond donors (Lipinski definition) is 1. The van der Waals surface area contributed by atoms with Crippen molar-refractivity contribution in [1.82, 2.24) is 5.32 Å². The van der Waals surface area contributed by atoms with Crippen molar-refractivity contribution in [1.29, 1.82) is 0 Å². The zero-order valence-corrected chi connectivity index (χ0v) is 5.64. The standard InChI is InChI=1S/C6H13NO/c1-5(4-8)6(2)7-3/h4-7H,1-3H3. The summed E-state index contributed by atoms with van der Waals surface area (Å²) in [7, 11) is 1.85. The second-order valence-electron chi connectivity index (χ2n) is 2.07. The topological polar surface area (TPSA) is 29.1 Å². The molecule has 0 saturated heterocycles. The van der Waals surface area contributed by atoms with E-state index >= 15 is 0 Å². The van der Waals surface area contributed by atoms with Crippen LogP contribution in [0.4, 0.5) is 0 Å². The maximum atomic E-state index is 10.1. The molecule has 0 amide bonds. The third kappa shape index (κ3) is 2.07. The Morgan fingerprint density at radius 1 is 1.50 bits per heavy atom. The fraction of sp³-hybridized carbons (Fsp3) is 0.833. The molecule has 0 aliphatic carbocycles. The molecule has 8 heavy (non-hydrogen) atoms. The van der Waals surface area contributed by atoms with Gasteiger partial charge in [0.1, 0.15) is 6.29 Å². The minimum Gasteiger partial charge on any atom is -0.317 e. The summed E-state index contributed by atoms with van der Waals surface area (Å²) in [5.41, 5.74) is 0. The number of carbonyl (C=O) groups is 1. The molecule has 0 fully saturated rings. The summed E-state index contributed by atoms with van der Waals surface area (Å²) in [6, 6.07) is 0.299. The van der Waals surface area contributed by atoms with Gasteiger partial charge >= 0.3 is 0 Å². The van der Waals surface area contributed by atoms with Crippen LogP contribution in [0.15, 0.2) is 0 Å². The summed E-state index contributed by atoms with van der Waals surface area (Å²) in [4.78, 5) is 10.1. The highest BCUT2D eigenvalue weighted by atomic mass is 16.1. The first-order valence-corrected chi connectivity index (χ1v) is 2.85. The molecule has 0 aliphatic heterocycles.